The molecule has 3 N–H and O–H groups in total. The summed E-state index contributed by atoms with van der Waals surface area (Å²) in [6.45, 7) is 0. The van der Waals surface area contributed by atoms with Crippen molar-refractivity contribution in [2.45, 2.75) is 4.90 Å². The maximum absolute atomic E-state index is 12.2. The molecule has 8 heteroatoms. The van der Waals surface area contributed by atoms with Crippen LogP contribution in [0.2, 0.25) is 5.02 Å². The number of ether oxygens (including phenoxy) is 1. The van der Waals surface area contributed by atoms with Gasteiger partial charge in [0.05, 0.1) is 22.7 Å². The minimum atomic E-state index is -3.77. The second-order valence-corrected chi connectivity index (χ2v) is 5.99. The van der Waals surface area contributed by atoms with Crippen LogP contribution in [0.3, 0.4) is 0 Å². The Hall–Kier alpha value is -1.99. The molecule has 0 aliphatic rings. The zero-order valence-electron chi connectivity index (χ0n) is 10.5. The van der Waals surface area contributed by atoms with Crippen LogP contribution in [0.1, 0.15) is 0 Å². The van der Waals surface area contributed by atoms with Crippen molar-refractivity contribution >= 4 is 33.1 Å². The van der Waals surface area contributed by atoms with Gasteiger partial charge in [-0.3, -0.25) is 4.72 Å². The van der Waals surface area contributed by atoms with Crippen molar-refractivity contribution in [2.75, 3.05) is 17.6 Å². The van der Waals surface area contributed by atoms with Crippen molar-refractivity contribution in [2.24, 2.45) is 0 Å². The van der Waals surface area contributed by atoms with E-state index < -0.39 is 10.0 Å². The van der Waals surface area contributed by atoms with Crippen LogP contribution < -0.4 is 15.2 Å². The number of halogens is 1. The topological polar surface area (TPSA) is 94.3 Å². The zero-order valence-corrected chi connectivity index (χ0v) is 12.1. The predicted molar refractivity (Wildman–Crippen MR) is 77.5 cm³/mol. The largest absolute Gasteiger partial charge is 0.495 e. The number of anilines is 2. The number of hydrogen-bond acceptors (Lipinski definition) is 5. The molecule has 0 radical (unpaired) electrons. The lowest BCUT2D eigenvalue weighted by molar-refractivity contribution is 0.415. The Kier molecular flexibility index (Phi) is 4.01. The Balaban J connectivity index is 2.33. The summed E-state index contributed by atoms with van der Waals surface area (Å²) in [5, 5.41) is 0.419. The highest BCUT2D eigenvalue weighted by atomic mass is 35.5. The lowest BCUT2D eigenvalue weighted by atomic mass is 10.3. The third-order valence-corrected chi connectivity index (χ3v) is 4.06. The number of sulfonamides is 1. The Labute approximate surface area is 121 Å². The minimum absolute atomic E-state index is 0.0281. The van der Waals surface area contributed by atoms with E-state index in [1.807, 2.05) is 0 Å². The van der Waals surface area contributed by atoms with Gasteiger partial charge in [-0.2, -0.15) is 0 Å². The van der Waals surface area contributed by atoms with Crippen LogP contribution in [0.15, 0.2) is 41.4 Å². The molecule has 0 bridgehead atoms. The van der Waals surface area contributed by atoms with Gasteiger partial charge in [-0.15, -0.1) is 0 Å². The summed E-state index contributed by atoms with van der Waals surface area (Å²) in [5.41, 5.74) is 6.00. The maximum Gasteiger partial charge on any atom is 0.263 e. The molecule has 1 aromatic heterocycles. The average Bonchev–Trinajstić information content (AvgIpc) is 2.41. The summed E-state index contributed by atoms with van der Waals surface area (Å²) in [7, 11) is -2.35. The Morgan fingerprint density at radius 3 is 2.65 bits per heavy atom. The third kappa shape index (κ3) is 3.12. The highest BCUT2D eigenvalue weighted by Crippen LogP contribution is 2.25. The number of nitrogens with zero attached hydrogens (tertiary/aromatic N) is 1. The number of benzene rings is 1. The van der Waals surface area contributed by atoms with Crippen molar-refractivity contribution in [1.29, 1.82) is 0 Å². The van der Waals surface area contributed by atoms with Crippen LogP contribution in [0.25, 0.3) is 0 Å². The van der Waals surface area contributed by atoms with E-state index in [2.05, 4.69) is 9.71 Å². The quantitative estimate of drug-likeness (QED) is 0.843. The van der Waals surface area contributed by atoms with Crippen molar-refractivity contribution in [3.05, 3.63) is 41.6 Å². The van der Waals surface area contributed by atoms with E-state index in [0.29, 0.717) is 10.7 Å². The van der Waals surface area contributed by atoms with Crippen LogP contribution in [-0.4, -0.2) is 20.5 Å². The standard InChI is InChI=1S/C12H12ClN3O3S/c1-19-11-6-9(3-4-10(11)14)20(17,18)16-12-5-2-8(13)7-15-12/h2-7H,14H2,1H3,(H,15,16). The van der Waals surface area contributed by atoms with Crippen LogP contribution >= 0.6 is 11.6 Å². The second kappa shape index (κ2) is 5.56. The fourth-order valence-corrected chi connectivity index (χ4v) is 2.63. The number of pyridine rings is 1. The molecule has 1 heterocycles. The third-order valence-electron chi connectivity index (χ3n) is 2.48. The van der Waals surface area contributed by atoms with E-state index in [-0.39, 0.29) is 16.5 Å². The van der Waals surface area contributed by atoms with E-state index in [1.54, 1.807) is 0 Å². The molecule has 0 fully saturated rings. The monoisotopic (exact) mass is 313 g/mol. The molecular weight excluding hydrogens is 302 g/mol. The molecule has 6 nitrogen and oxygen atoms in total. The molecule has 0 amide bonds. The van der Waals surface area contributed by atoms with Gasteiger partial charge in [-0.25, -0.2) is 13.4 Å². The first-order chi connectivity index (χ1) is 9.42. The van der Waals surface area contributed by atoms with Crippen molar-refractivity contribution in [3.8, 4) is 5.75 Å². The SMILES string of the molecule is COc1cc(S(=O)(=O)Nc2ccc(Cl)cn2)ccc1N. The van der Waals surface area contributed by atoms with Gasteiger partial charge in [0.15, 0.2) is 0 Å². The van der Waals surface area contributed by atoms with Gasteiger partial charge in [0.25, 0.3) is 10.0 Å². The van der Waals surface area contributed by atoms with Gasteiger partial charge in [0, 0.05) is 12.3 Å². The molecule has 0 saturated heterocycles. The molecule has 2 aromatic rings. The normalized spacial score (nSPS) is 11.1. The number of nitrogen functional groups attached to an aromatic ring is 1. The Morgan fingerprint density at radius 1 is 1.30 bits per heavy atom. The minimum Gasteiger partial charge on any atom is -0.495 e. The maximum atomic E-state index is 12.2. The summed E-state index contributed by atoms with van der Waals surface area (Å²) in [4.78, 5) is 3.90. The number of nitrogens with two attached hydrogens (primary N) is 1. The van der Waals surface area contributed by atoms with Crippen LogP contribution in [0.5, 0.6) is 5.75 Å². The Bertz CT molecular complexity index is 717. The summed E-state index contributed by atoms with van der Waals surface area (Å²) in [6.07, 6.45) is 1.35. The van der Waals surface area contributed by atoms with Gasteiger partial charge >= 0.3 is 0 Å². The van der Waals surface area contributed by atoms with Gasteiger partial charge < -0.3 is 10.5 Å². The number of methoxy groups -OCH3 is 1. The van der Waals surface area contributed by atoms with Gasteiger partial charge in [0.2, 0.25) is 0 Å². The first-order valence-electron chi connectivity index (χ1n) is 5.50. The van der Waals surface area contributed by atoms with Crippen LogP contribution in [0, 0.1) is 0 Å². The summed E-state index contributed by atoms with van der Waals surface area (Å²) >= 11 is 5.69. The zero-order chi connectivity index (χ0) is 14.8. The number of hydrogen-bond donors (Lipinski definition) is 2. The van der Waals surface area contributed by atoms with Crippen molar-refractivity contribution in [1.82, 2.24) is 4.98 Å². The summed E-state index contributed by atoms with van der Waals surface area (Å²) in [6, 6.07) is 7.19. The fourth-order valence-electron chi connectivity index (χ4n) is 1.49. The molecular formula is C12H12ClN3O3S. The van der Waals surface area contributed by atoms with Gasteiger partial charge in [-0.05, 0) is 24.3 Å². The molecule has 0 saturated carbocycles. The summed E-state index contributed by atoms with van der Waals surface area (Å²) in [5.74, 6) is 0.460. The van der Waals surface area contributed by atoms with E-state index in [1.165, 1.54) is 43.6 Å². The molecule has 0 atom stereocenters. The molecule has 20 heavy (non-hydrogen) atoms. The summed E-state index contributed by atoms with van der Waals surface area (Å²) < 4.78 is 31.7. The average molecular weight is 314 g/mol. The fraction of sp³-hybridized carbons (Fsp3) is 0.0833. The smallest absolute Gasteiger partial charge is 0.263 e. The first-order valence-corrected chi connectivity index (χ1v) is 7.36. The van der Waals surface area contributed by atoms with Gasteiger partial charge in [-0.1, -0.05) is 11.6 Å². The van der Waals surface area contributed by atoms with Crippen LogP contribution in [-0.2, 0) is 10.0 Å². The highest BCUT2D eigenvalue weighted by Gasteiger charge is 2.16. The molecule has 0 aliphatic heterocycles. The van der Waals surface area contributed by atoms with Gasteiger partial charge in [0.1, 0.15) is 11.6 Å². The lowest BCUT2D eigenvalue weighted by Gasteiger charge is -2.10. The molecule has 1 aromatic carbocycles. The van der Waals surface area contributed by atoms with Crippen molar-refractivity contribution < 1.29 is 13.2 Å². The lowest BCUT2D eigenvalue weighted by Crippen LogP contribution is -2.14. The van der Waals surface area contributed by atoms with E-state index in [0.717, 1.165) is 0 Å². The first kappa shape index (κ1) is 14.4. The van der Waals surface area contributed by atoms with E-state index in [4.69, 9.17) is 22.1 Å². The number of nitrogens with one attached hydrogen (secondary N) is 1. The van der Waals surface area contributed by atoms with Crippen LogP contribution in [0.4, 0.5) is 11.5 Å². The molecule has 106 valence electrons. The van der Waals surface area contributed by atoms with Crippen molar-refractivity contribution in [3.63, 3.8) is 0 Å². The van der Waals surface area contributed by atoms with E-state index in [9.17, 15) is 8.42 Å². The predicted octanol–water partition coefficient (Wildman–Crippen LogP) is 2.13. The molecule has 0 spiro atoms. The number of rotatable bonds is 4. The molecule has 0 aliphatic carbocycles. The van der Waals surface area contributed by atoms with E-state index >= 15 is 0 Å². The second-order valence-electron chi connectivity index (χ2n) is 3.87. The molecule has 0 unspecified atom stereocenters. The Morgan fingerprint density at radius 2 is 2.05 bits per heavy atom. The number of aromatic nitrogens is 1. The highest BCUT2D eigenvalue weighted by molar-refractivity contribution is 7.92. The molecule has 2 rings (SSSR count).